The maximum absolute atomic E-state index is 12.8. The van der Waals surface area contributed by atoms with Crippen LogP contribution in [-0.2, 0) is 9.63 Å². The van der Waals surface area contributed by atoms with E-state index in [4.69, 9.17) is 22.2 Å². The number of nitrogens with zero attached hydrogens (tertiary/aromatic N) is 1. The fourth-order valence-electron chi connectivity index (χ4n) is 3.50. The van der Waals surface area contributed by atoms with Crippen LogP contribution in [0.2, 0.25) is 5.02 Å². The van der Waals surface area contributed by atoms with Crippen LogP contribution in [0.4, 0.5) is 0 Å². The van der Waals surface area contributed by atoms with Crippen LogP contribution in [0.3, 0.4) is 0 Å². The molecule has 2 N–H and O–H groups in total. The summed E-state index contributed by atoms with van der Waals surface area (Å²) >= 11 is 5.94. The highest BCUT2D eigenvalue weighted by atomic mass is 35.5. The average Bonchev–Trinajstić information content (AvgIpc) is 3.04. The molecule has 0 radical (unpaired) electrons. The normalized spacial score (nSPS) is 28.8. The van der Waals surface area contributed by atoms with Gasteiger partial charge >= 0.3 is 0 Å². The van der Waals surface area contributed by atoms with Gasteiger partial charge in [0.25, 0.3) is 0 Å². The standard InChI is InChI=1S/C17H23ClN2O2/c18-15-7-5-13(6-8-15)16-9-10-22-20(16)17(21)14-3-1-12(11-19)2-4-14/h5-8,12,14,16H,1-4,9-11,19H2/t12?,14?,16-/m0/s1. The molecule has 0 unspecified atom stereocenters. The van der Waals surface area contributed by atoms with Gasteiger partial charge in [0.15, 0.2) is 0 Å². The number of hydrogen-bond acceptors (Lipinski definition) is 3. The second-order valence-corrected chi connectivity index (χ2v) is 6.74. The zero-order chi connectivity index (χ0) is 15.5. The Morgan fingerprint density at radius 3 is 2.50 bits per heavy atom. The van der Waals surface area contributed by atoms with Gasteiger partial charge in [-0.3, -0.25) is 9.63 Å². The Hall–Kier alpha value is -1.10. The molecular weight excluding hydrogens is 300 g/mol. The lowest BCUT2D eigenvalue weighted by Crippen LogP contribution is -2.37. The van der Waals surface area contributed by atoms with E-state index >= 15 is 0 Å². The third kappa shape index (κ3) is 3.29. The number of halogens is 1. The van der Waals surface area contributed by atoms with E-state index < -0.39 is 0 Å². The van der Waals surface area contributed by atoms with Crippen molar-refractivity contribution in [3.63, 3.8) is 0 Å². The van der Waals surface area contributed by atoms with Gasteiger partial charge in [-0.1, -0.05) is 23.7 Å². The second-order valence-electron chi connectivity index (χ2n) is 6.31. The van der Waals surface area contributed by atoms with Crippen LogP contribution in [-0.4, -0.2) is 24.1 Å². The van der Waals surface area contributed by atoms with E-state index in [1.807, 2.05) is 24.3 Å². The predicted octanol–water partition coefficient (Wildman–Crippen LogP) is 3.31. The molecule has 4 nitrogen and oxygen atoms in total. The molecule has 120 valence electrons. The summed E-state index contributed by atoms with van der Waals surface area (Å²) in [7, 11) is 0. The molecule has 1 aromatic carbocycles. The van der Waals surface area contributed by atoms with Gasteiger partial charge in [-0.15, -0.1) is 0 Å². The molecule has 1 aliphatic carbocycles. The van der Waals surface area contributed by atoms with Crippen LogP contribution in [0.25, 0.3) is 0 Å². The molecule has 2 fully saturated rings. The highest BCUT2D eigenvalue weighted by Gasteiger charge is 2.36. The molecule has 1 saturated heterocycles. The number of hydroxylamine groups is 2. The number of carbonyl (C=O) groups is 1. The Labute approximate surface area is 136 Å². The van der Waals surface area contributed by atoms with Crippen LogP contribution in [0, 0.1) is 11.8 Å². The van der Waals surface area contributed by atoms with Gasteiger partial charge in [0.1, 0.15) is 0 Å². The first kappa shape index (κ1) is 15.8. The molecule has 22 heavy (non-hydrogen) atoms. The van der Waals surface area contributed by atoms with Gasteiger partial charge < -0.3 is 5.73 Å². The van der Waals surface area contributed by atoms with E-state index in [-0.39, 0.29) is 17.9 Å². The van der Waals surface area contributed by atoms with Crippen LogP contribution in [0.1, 0.15) is 43.7 Å². The predicted molar refractivity (Wildman–Crippen MR) is 86.1 cm³/mol. The number of amides is 1. The van der Waals surface area contributed by atoms with E-state index in [0.29, 0.717) is 17.5 Å². The van der Waals surface area contributed by atoms with Crippen molar-refractivity contribution in [1.82, 2.24) is 5.06 Å². The first-order chi connectivity index (χ1) is 10.7. The van der Waals surface area contributed by atoms with Gasteiger partial charge in [0.05, 0.1) is 12.6 Å². The summed E-state index contributed by atoms with van der Waals surface area (Å²) < 4.78 is 0. The van der Waals surface area contributed by atoms with E-state index in [0.717, 1.165) is 44.2 Å². The summed E-state index contributed by atoms with van der Waals surface area (Å²) in [6.45, 7) is 1.33. The Morgan fingerprint density at radius 2 is 1.86 bits per heavy atom. The molecule has 0 aromatic heterocycles. The topological polar surface area (TPSA) is 55.6 Å². The lowest BCUT2D eigenvalue weighted by Gasteiger charge is -2.31. The highest BCUT2D eigenvalue weighted by molar-refractivity contribution is 6.30. The Balaban J connectivity index is 1.67. The number of carbonyl (C=O) groups excluding carboxylic acids is 1. The van der Waals surface area contributed by atoms with Crippen molar-refractivity contribution >= 4 is 17.5 Å². The molecule has 1 atom stereocenters. The molecule has 1 saturated carbocycles. The molecule has 2 aliphatic rings. The fraction of sp³-hybridized carbons (Fsp3) is 0.588. The summed E-state index contributed by atoms with van der Waals surface area (Å²) in [6.07, 6.45) is 4.78. The summed E-state index contributed by atoms with van der Waals surface area (Å²) in [5.74, 6) is 0.791. The smallest absolute Gasteiger partial charge is 0.249 e. The summed E-state index contributed by atoms with van der Waals surface area (Å²) in [5, 5.41) is 2.32. The lowest BCUT2D eigenvalue weighted by molar-refractivity contribution is -0.183. The SMILES string of the molecule is NCC1CCC(C(=O)N2OCC[C@H]2c2ccc(Cl)cc2)CC1. The first-order valence-corrected chi connectivity index (χ1v) is 8.48. The third-order valence-electron chi connectivity index (χ3n) is 4.91. The monoisotopic (exact) mass is 322 g/mol. The molecule has 5 heteroatoms. The Bertz CT molecular complexity index is 512. The average molecular weight is 323 g/mol. The first-order valence-electron chi connectivity index (χ1n) is 8.10. The van der Waals surface area contributed by atoms with Gasteiger partial charge in [-0.2, -0.15) is 0 Å². The van der Waals surface area contributed by atoms with Gasteiger partial charge in [0, 0.05) is 17.4 Å². The number of rotatable bonds is 3. The second kappa shape index (κ2) is 6.99. The van der Waals surface area contributed by atoms with Crippen molar-refractivity contribution in [3.8, 4) is 0 Å². The molecule has 1 aromatic rings. The van der Waals surface area contributed by atoms with Crippen molar-refractivity contribution in [2.75, 3.05) is 13.2 Å². The van der Waals surface area contributed by atoms with Crippen LogP contribution < -0.4 is 5.73 Å². The van der Waals surface area contributed by atoms with Gasteiger partial charge in [-0.25, -0.2) is 5.06 Å². The van der Waals surface area contributed by atoms with Gasteiger partial charge in [0.2, 0.25) is 5.91 Å². The van der Waals surface area contributed by atoms with Crippen molar-refractivity contribution in [2.24, 2.45) is 17.6 Å². The highest BCUT2D eigenvalue weighted by Crippen LogP contribution is 2.36. The minimum absolute atomic E-state index is 0.0111. The summed E-state index contributed by atoms with van der Waals surface area (Å²) in [4.78, 5) is 18.4. The fourth-order valence-corrected chi connectivity index (χ4v) is 3.63. The molecule has 1 aliphatic heterocycles. The maximum atomic E-state index is 12.8. The Kier molecular flexibility index (Phi) is 5.01. The summed E-state index contributed by atoms with van der Waals surface area (Å²) in [5.41, 5.74) is 6.82. The molecule has 0 bridgehead atoms. The van der Waals surface area contributed by atoms with E-state index in [1.165, 1.54) is 0 Å². The molecule has 1 amide bonds. The van der Waals surface area contributed by atoms with Crippen LogP contribution >= 0.6 is 11.6 Å². The minimum atomic E-state index is 0.0111. The molecule has 3 rings (SSSR count). The zero-order valence-corrected chi connectivity index (χ0v) is 13.5. The largest absolute Gasteiger partial charge is 0.330 e. The summed E-state index contributed by atoms with van der Waals surface area (Å²) in [6, 6.07) is 7.70. The molecule has 1 heterocycles. The maximum Gasteiger partial charge on any atom is 0.249 e. The zero-order valence-electron chi connectivity index (χ0n) is 12.7. The van der Waals surface area contributed by atoms with Crippen LogP contribution in [0.15, 0.2) is 24.3 Å². The lowest BCUT2D eigenvalue weighted by atomic mass is 9.81. The number of hydrogen-bond donors (Lipinski definition) is 1. The van der Waals surface area contributed by atoms with Crippen molar-refractivity contribution in [2.45, 2.75) is 38.1 Å². The van der Waals surface area contributed by atoms with E-state index in [2.05, 4.69) is 0 Å². The van der Waals surface area contributed by atoms with E-state index in [9.17, 15) is 4.79 Å². The van der Waals surface area contributed by atoms with Crippen molar-refractivity contribution in [3.05, 3.63) is 34.9 Å². The molecular formula is C17H23ClN2O2. The number of benzene rings is 1. The van der Waals surface area contributed by atoms with Crippen molar-refractivity contribution < 1.29 is 9.63 Å². The number of nitrogens with two attached hydrogens (primary N) is 1. The van der Waals surface area contributed by atoms with Crippen molar-refractivity contribution in [1.29, 1.82) is 0 Å². The minimum Gasteiger partial charge on any atom is -0.330 e. The van der Waals surface area contributed by atoms with Crippen LogP contribution in [0.5, 0.6) is 0 Å². The van der Waals surface area contributed by atoms with Gasteiger partial charge in [-0.05, 0) is 55.8 Å². The third-order valence-corrected chi connectivity index (χ3v) is 5.16. The van der Waals surface area contributed by atoms with E-state index in [1.54, 1.807) is 5.06 Å². The molecule has 0 spiro atoms. The quantitative estimate of drug-likeness (QED) is 0.928. The Morgan fingerprint density at radius 1 is 1.18 bits per heavy atom.